The molecule has 1 rings (SSSR count). The standard InChI is InChI=1S/C11H13Cl2NO/c1-2-3-8(11(14)15)7-4-5-9(12)10(13)6-7/h4-6,8H,2-3H2,1H3,(H2,14,15). The average molecular weight is 246 g/mol. The normalized spacial score (nSPS) is 12.5. The van der Waals surface area contributed by atoms with Gasteiger partial charge in [0.25, 0.3) is 0 Å². The molecular formula is C11H13Cl2NO. The van der Waals surface area contributed by atoms with Gasteiger partial charge in [0.15, 0.2) is 0 Å². The van der Waals surface area contributed by atoms with Crippen molar-refractivity contribution < 1.29 is 4.79 Å². The van der Waals surface area contributed by atoms with Gasteiger partial charge in [0.2, 0.25) is 5.91 Å². The van der Waals surface area contributed by atoms with E-state index in [9.17, 15) is 4.79 Å². The fourth-order valence-electron chi connectivity index (χ4n) is 1.49. The molecule has 0 saturated heterocycles. The summed E-state index contributed by atoms with van der Waals surface area (Å²) in [4.78, 5) is 11.2. The Balaban J connectivity index is 3.01. The van der Waals surface area contributed by atoms with Crippen LogP contribution in [0.5, 0.6) is 0 Å². The van der Waals surface area contributed by atoms with Crippen molar-refractivity contribution in [3.05, 3.63) is 33.8 Å². The molecule has 82 valence electrons. The van der Waals surface area contributed by atoms with Crippen molar-refractivity contribution in [3.8, 4) is 0 Å². The summed E-state index contributed by atoms with van der Waals surface area (Å²) in [5.74, 6) is -0.597. The molecule has 1 aromatic rings. The molecule has 0 heterocycles. The van der Waals surface area contributed by atoms with E-state index in [0.29, 0.717) is 10.0 Å². The Morgan fingerprint density at radius 2 is 2.07 bits per heavy atom. The molecule has 0 spiro atoms. The number of hydrogen-bond donors (Lipinski definition) is 1. The SMILES string of the molecule is CCCC(C(N)=O)c1ccc(Cl)c(Cl)c1. The van der Waals surface area contributed by atoms with Crippen LogP contribution in [0.3, 0.4) is 0 Å². The molecule has 1 unspecified atom stereocenters. The summed E-state index contributed by atoms with van der Waals surface area (Å²) in [6, 6.07) is 5.18. The minimum Gasteiger partial charge on any atom is -0.369 e. The van der Waals surface area contributed by atoms with Gasteiger partial charge in [-0.3, -0.25) is 4.79 Å². The Bertz CT molecular complexity index is 366. The monoisotopic (exact) mass is 245 g/mol. The van der Waals surface area contributed by atoms with Gasteiger partial charge in [0.05, 0.1) is 16.0 Å². The molecule has 0 radical (unpaired) electrons. The fraction of sp³-hybridized carbons (Fsp3) is 0.364. The van der Waals surface area contributed by atoms with Crippen LogP contribution >= 0.6 is 23.2 Å². The van der Waals surface area contributed by atoms with Crippen LogP contribution in [-0.4, -0.2) is 5.91 Å². The van der Waals surface area contributed by atoms with Crippen molar-refractivity contribution in [3.63, 3.8) is 0 Å². The topological polar surface area (TPSA) is 43.1 Å². The average Bonchev–Trinajstić information content (AvgIpc) is 2.18. The van der Waals surface area contributed by atoms with Crippen molar-refractivity contribution in [2.24, 2.45) is 5.73 Å². The minimum absolute atomic E-state index is 0.273. The summed E-state index contributed by atoms with van der Waals surface area (Å²) in [6.07, 6.45) is 1.63. The van der Waals surface area contributed by atoms with Crippen molar-refractivity contribution >= 4 is 29.1 Å². The van der Waals surface area contributed by atoms with E-state index in [-0.39, 0.29) is 11.8 Å². The van der Waals surface area contributed by atoms with Crippen LogP contribution in [-0.2, 0) is 4.79 Å². The molecular weight excluding hydrogens is 233 g/mol. The molecule has 0 aliphatic rings. The lowest BCUT2D eigenvalue weighted by atomic mass is 9.94. The van der Waals surface area contributed by atoms with E-state index in [1.165, 1.54) is 0 Å². The summed E-state index contributed by atoms with van der Waals surface area (Å²) < 4.78 is 0. The maximum absolute atomic E-state index is 11.2. The molecule has 0 fully saturated rings. The molecule has 1 amide bonds. The number of hydrogen-bond acceptors (Lipinski definition) is 1. The van der Waals surface area contributed by atoms with Gasteiger partial charge >= 0.3 is 0 Å². The van der Waals surface area contributed by atoms with Crippen molar-refractivity contribution in [1.82, 2.24) is 0 Å². The number of primary amides is 1. The Labute approximate surface area is 99.4 Å². The van der Waals surface area contributed by atoms with E-state index in [0.717, 1.165) is 18.4 Å². The summed E-state index contributed by atoms with van der Waals surface area (Å²) in [6.45, 7) is 2.01. The number of benzene rings is 1. The smallest absolute Gasteiger partial charge is 0.224 e. The first kappa shape index (κ1) is 12.3. The molecule has 0 aromatic heterocycles. The lowest BCUT2D eigenvalue weighted by Gasteiger charge is -2.13. The lowest BCUT2D eigenvalue weighted by Crippen LogP contribution is -2.21. The van der Waals surface area contributed by atoms with Gasteiger partial charge in [-0.05, 0) is 24.1 Å². The highest BCUT2D eigenvalue weighted by Gasteiger charge is 2.17. The summed E-state index contributed by atoms with van der Waals surface area (Å²) >= 11 is 11.7. The molecule has 4 heteroatoms. The summed E-state index contributed by atoms with van der Waals surface area (Å²) in [7, 11) is 0. The third-order valence-electron chi connectivity index (χ3n) is 2.27. The van der Waals surface area contributed by atoms with Gasteiger partial charge in [-0.2, -0.15) is 0 Å². The predicted octanol–water partition coefficient (Wildman–Crippen LogP) is 3.36. The predicted molar refractivity (Wildman–Crippen MR) is 63.3 cm³/mol. The second kappa shape index (κ2) is 5.38. The van der Waals surface area contributed by atoms with Gasteiger partial charge < -0.3 is 5.73 Å². The number of rotatable bonds is 4. The van der Waals surface area contributed by atoms with Gasteiger partial charge in [0, 0.05) is 0 Å². The second-order valence-electron chi connectivity index (χ2n) is 3.42. The molecule has 2 N–H and O–H groups in total. The molecule has 1 aromatic carbocycles. The van der Waals surface area contributed by atoms with Crippen LogP contribution in [0.4, 0.5) is 0 Å². The van der Waals surface area contributed by atoms with Crippen LogP contribution in [0.2, 0.25) is 10.0 Å². The van der Waals surface area contributed by atoms with E-state index in [1.54, 1.807) is 18.2 Å². The molecule has 15 heavy (non-hydrogen) atoms. The third-order valence-corrected chi connectivity index (χ3v) is 3.01. The van der Waals surface area contributed by atoms with E-state index in [2.05, 4.69) is 0 Å². The summed E-state index contributed by atoms with van der Waals surface area (Å²) in [5.41, 5.74) is 6.16. The highest BCUT2D eigenvalue weighted by atomic mass is 35.5. The quantitative estimate of drug-likeness (QED) is 0.869. The first-order valence-electron chi connectivity index (χ1n) is 4.80. The number of nitrogens with two attached hydrogens (primary N) is 1. The van der Waals surface area contributed by atoms with E-state index >= 15 is 0 Å². The molecule has 0 bridgehead atoms. The molecule has 1 atom stereocenters. The van der Waals surface area contributed by atoms with E-state index in [1.807, 2.05) is 6.92 Å². The number of carbonyl (C=O) groups excluding carboxylic acids is 1. The van der Waals surface area contributed by atoms with Gasteiger partial charge in [-0.1, -0.05) is 42.6 Å². The van der Waals surface area contributed by atoms with Gasteiger partial charge in [-0.15, -0.1) is 0 Å². The second-order valence-corrected chi connectivity index (χ2v) is 4.23. The number of amides is 1. The molecule has 2 nitrogen and oxygen atoms in total. The zero-order valence-corrected chi connectivity index (χ0v) is 9.98. The zero-order valence-electron chi connectivity index (χ0n) is 8.47. The third kappa shape index (κ3) is 3.11. The van der Waals surface area contributed by atoms with Crippen molar-refractivity contribution in [2.75, 3.05) is 0 Å². The lowest BCUT2D eigenvalue weighted by molar-refractivity contribution is -0.119. The Hall–Kier alpha value is -0.730. The van der Waals surface area contributed by atoms with Gasteiger partial charge in [0.1, 0.15) is 0 Å². The Kier molecular flexibility index (Phi) is 4.43. The largest absolute Gasteiger partial charge is 0.369 e. The highest BCUT2D eigenvalue weighted by Crippen LogP contribution is 2.28. The molecule has 0 aliphatic heterocycles. The van der Waals surface area contributed by atoms with Crippen LogP contribution in [0, 0.1) is 0 Å². The van der Waals surface area contributed by atoms with Crippen molar-refractivity contribution in [1.29, 1.82) is 0 Å². The van der Waals surface area contributed by atoms with Crippen LogP contribution in [0.15, 0.2) is 18.2 Å². The van der Waals surface area contributed by atoms with E-state index < -0.39 is 0 Å². The Morgan fingerprint density at radius 1 is 1.40 bits per heavy atom. The van der Waals surface area contributed by atoms with Gasteiger partial charge in [-0.25, -0.2) is 0 Å². The maximum Gasteiger partial charge on any atom is 0.224 e. The number of carbonyl (C=O) groups is 1. The maximum atomic E-state index is 11.2. The van der Waals surface area contributed by atoms with Crippen LogP contribution in [0.1, 0.15) is 31.2 Å². The van der Waals surface area contributed by atoms with Crippen molar-refractivity contribution in [2.45, 2.75) is 25.7 Å². The van der Waals surface area contributed by atoms with Crippen LogP contribution < -0.4 is 5.73 Å². The van der Waals surface area contributed by atoms with Crippen LogP contribution in [0.25, 0.3) is 0 Å². The first-order valence-corrected chi connectivity index (χ1v) is 5.56. The Morgan fingerprint density at radius 3 is 2.53 bits per heavy atom. The number of halogens is 2. The fourth-order valence-corrected chi connectivity index (χ4v) is 1.80. The first-order chi connectivity index (χ1) is 7.06. The minimum atomic E-state index is -0.324. The highest BCUT2D eigenvalue weighted by molar-refractivity contribution is 6.42. The zero-order chi connectivity index (χ0) is 11.4. The summed E-state index contributed by atoms with van der Waals surface area (Å²) in [5, 5.41) is 0.941. The van der Waals surface area contributed by atoms with E-state index in [4.69, 9.17) is 28.9 Å². The molecule has 0 aliphatic carbocycles. The molecule has 0 saturated carbocycles.